The maximum absolute atomic E-state index is 12.8. The van der Waals surface area contributed by atoms with E-state index in [1.54, 1.807) is 7.11 Å². The molecule has 0 unspecified atom stereocenters. The van der Waals surface area contributed by atoms with Crippen LogP contribution < -0.4 is 5.32 Å². The number of methoxy groups -OCH3 is 1. The lowest BCUT2D eigenvalue weighted by atomic mass is 10.2. The fourth-order valence-corrected chi connectivity index (χ4v) is 1.28. The third-order valence-corrected chi connectivity index (χ3v) is 2.07. The van der Waals surface area contributed by atoms with E-state index in [4.69, 9.17) is 4.74 Å². The van der Waals surface area contributed by atoms with Gasteiger partial charge >= 0.3 is 0 Å². The van der Waals surface area contributed by atoms with Crippen molar-refractivity contribution in [1.82, 2.24) is 5.32 Å². The molecule has 0 atom stereocenters. The molecule has 0 bridgehead atoms. The molecule has 0 saturated heterocycles. The fourth-order valence-electron chi connectivity index (χ4n) is 1.28. The second-order valence-electron chi connectivity index (χ2n) is 3.40. The molecule has 1 aromatic carbocycles. The molecule has 0 fully saturated rings. The van der Waals surface area contributed by atoms with Crippen LogP contribution in [0, 0.1) is 17.5 Å². The van der Waals surface area contributed by atoms with Gasteiger partial charge in [-0.15, -0.1) is 0 Å². The van der Waals surface area contributed by atoms with Crippen molar-refractivity contribution in [3.8, 4) is 0 Å². The Morgan fingerprint density at radius 2 is 1.81 bits per heavy atom. The molecule has 1 rings (SSSR count). The minimum absolute atomic E-state index is 0.303. The molecule has 0 amide bonds. The summed E-state index contributed by atoms with van der Waals surface area (Å²) in [6.07, 6.45) is 0.808. The minimum Gasteiger partial charge on any atom is -0.385 e. The summed E-state index contributed by atoms with van der Waals surface area (Å²) >= 11 is 0. The summed E-state index contributed by atoms with van der Waals surface area (Å²) in [5.74, 6) is -3.74. The van der Waals surface area contributed by atoms with Crippen molar-refractivity contribution in [2.24, 2.45) is 0 Å². The van der Waals surface area contributed by atoms with Crippen molar-refractivity contribution in [3.63, 3.8) is 0 Å². The molecule has 0 aromatic heterocycles. The first-order valence-electron chi connectivity index (χ1n) is 4.98. The highest BCUT2D eigenvalue weighted by Gasteiger charge is 2.09. The molecule has 0 aliphatic heterocycles. The molecule has 16 heavy (non-hydrogen) atoms. The summed E-state index contributed by atoms with van der Waals surface area (Å²) in [6.45, 7) is 1.60. The number of rotatable bonds is 6. The average molecular weight is 233 g/mol. The van der Waals surface area contributed by atoms with Crippen LogP contribution in [-0.4, -0.2) is 20.3 Å². The topological polar surface area (TPSA) is 21.3 Å². The van der Waals surface area contributed by atoms with Crippen LogP contribution in [0.25, 0.3) is 0 Å². The molecule has 0 heterocycles. The predicted octanol–water partition coefficient (Wildman–Crippen LogP) is 2.23. The molecule has 0 aliphatic rings. The van der Waals surface area contributed by atoms with E-state index in [9.17, 15) is 13.2 Å². The van der Waals surface area contributed by atoms with Crippen LogP contribution in [0.4, 0.5) is 13.2 Å². The van der Waals surface area contributed by atoms with Crippen molar-refractivity contribution in [2.75, 3.05) is 20.3 Å². The highest BCUT2D eigenvalue weighted by atomic mass is 19.2. The van der Waals surface area contributed by atoms with Gasteiger partial charge in [0.15, 0.2) is 17.5 Å². The first-order chi connectivity index (χ1) is 7.65. The van der Waals surface area contributed by atoms with Gasteiger partial charge in [0.2, 0.25) is 0 Å². The van der Waals surface area contributed by atoms with Gasteiger partial charge in [0.1, 0.15) is 0 Å². The van der Waals surface area contributed by atoms with Crippen LogP contribution in [0.3, 0.4) is 0 Å². The Labute approximate surface area is 92.4 Å². The van der Waals surface area contributed by atoms with Gasteiger partial charge in [-0.1, -0.05) is 0 Å². The third kappa shape index (κ3) is 3.83. The van der Waals surface area contributed by atoms with Gasteiger partial charge in [-0.3, -0.25) is 0 Å². The van der Waals surface area contributed by atoms with Crippen LogP contribution in [0.2, 0.25) is 0 Å². The zero-order valence-corrected chi connectivity index (χ0v) is 9.03. The normalized spacial score (nSPS) is 10.8. The number of nitrogens with one attached hydrogen (secondary N) is 1. The Morgan fingerprint density at radius 1 is 1.19 bits per heavy atom. The number of halogens is 3. The fraction of sp³-hybridized carbons (Fsp3) is 0.455. The first kappa shape index (κ1) is 13.0. The summed E-state index contributed by atoms with van der Waals surface area (Å²) in [5.41, 5.74) is 0.383. The lowest BCUT2D eigenvalue weighted by molar-refractivity contribution is 0.194. The quantitative estimate of drug-likeness (QED) is 0.601. The van der Waals surface area contributed by atoms with Gasteiger partial charge in [0.25, 0.3) is 0 Å². The summed E-state index contributed by atoms with van der Waals surface area (Å²) < 4.78 is 43.1. The first-order valence-corrected chi connectivity index (χ1v) is 4.98. The second kappa shape index (κ2) is 6.50. The molecular formula is C11H14F3NO. The van der Waals surface area contributed by atoms with Crippen molar-refractivity contribution in [1.29, 1.82) is 0 Å². The van der Waals surface area contributed by atoms with Gasteiger partial charge in [-0.05, 0) is 30.7 Å². The molecule has 0 radical (unpaired) electrons. The molecule has 5 heteroatoms. The summed E-state index contributed by atoms with van der Waals surface area (Å²) in [6, 6.07) is 1.98. The lowest BCUT2D eigenvalue weighted by Gasteiger charge is -2.05. The molecule has 1 N–H and O–H groups in total. The standard InChI is InChI=1S/C11H14F3NO/c1-16-4-2-3-15-7-8-5-9(12)11(14)10(13)6-8/h5-6,15H,2-4,7H2,1H3. The summed E-state index contributed by atoms with van der Waals surface area (Å²) in [4.78, 5) is 0. The van der Waals surface area contributed by atoms with Crippen LogP contribution in [0.1, 0.15) is 12.0 Å². The SMILES string of the molecule is COCCCNCc1cc(F)c(F)c(F)c1. The molecule has 0 aliphatic carbocycles. The van der Waals surface area contributed by atoms with E-state index in [2.05, 4.69) is 5.32 Å². The van der Waals surface area contributed by atoms with E-state index >= 15 is 0 Å². The summed E-state index contributed by atoms with van der Waals surface area (Å²) in [7, 11) is 1.60. The van der Waals surface area contributed by atoms with Crippen LogP contribution in [0.5, 0.6) is 0 Å². The zero-order valence-electron chi connectivity index (χ0n) is 9.03. The Bertz CT molecular complexity index is 321. The number of hydrogen-bond donors (Lipinski definition) is 1. The van der Waals surface area contributed by atoms with Gasteiger partial charge in [0, 0.05) is 20.3 Å². The number of ether oxygens (including phenoxy) is 1. The van der Waals surface area contributed by atoms with Gasteiger partial charge < -0.3 is 10.1 Å². The van der Waals surface area contributed by atoms with Gasteiger partial charge in [-0.2, -0.15) is 0 Å². The molecular weight excluding hydrogens is 219 g/mol. The molecule has 2 nitrogen and oxygen atoms in total. The van der Waals surface area contributed by atoms with Crippen molar-refractivity contribution in [2.45, 2.75) is 13.0 Å². The highest BCUT2D eigenvalue weighted by molar-refractivity contribution is 5.19. The molecule has 90 valence electrons. The molecule has 1 aromatic rings. The Morgan fingerprint density at radius 3 is 2.38 bits per heavy atom. The number of hydrogen-bond acceptors (Lipinski definition) is 2. The van der Waals surface area contributed by atoms with Gasteiger partial charge in [-0.25, -0.2) is 13.2 Å². The predicted molar refractivity (Wildman–Crippen MR) is 54.5 cm³/mol. The monoisotopic (exact) mass is 233 g/mol. The third-order valence-electron chi connectivity index (χ3n) is 2.07. The van der Waals surface area contributed by atoms with Crippen molar-refractivity contribution >= 4 is 0 Å². The molecule has 0 spiro atoms. The maximum atomic E-state index is 12.8. The smallest absolute Gasteiger partial charge is 0.194 e. The van der Waals surface area contributed by atoms with Gasteiger partial charge in [0.05, 0.1) is 0 Å². The number of benzene rings is 1. The van der Waals surface area contributed by atoms with E-state index < -0.39 is 17.5 Å². The van der Waals surface area contributed by atoms with Crippen molar-refractivity contribution in [3.05, 3.63) is 35.1 Å². The van der Waals surface area contributed by atoms with E-state index in [0.29, 0.717) is 25.3 Å². The second-order valence-corrected chi connectivity index (χ2v) is 3.40. The van der Waals surface area contributed by atoms with Crippen molar-refractivity contribution < 1.29 is 17.9 Å². The van der Waals surface area contributed by atoms with E-state index in [0.717, 1.165) is 18.6 Å². The van der Waals surface area contributed by atoms with Crippen LogP contribution in [0.15, 0.2) is 12.1 Å². The van der Waals surface area contributed by atoms with Crippen LogP contribution >= 0.6 is 0 Å². The van der Waals surface area contributed by atoms with E-state index in [-0.39, 0.29) is 0 Å². The largest absolute Gasteiger partial charge is 0.385 e. The minimum atomic E-state index is -1.43. The average Bonchev–Trinajstić information content (AvgIpc) is 2.25. The molecule has 0 saturated carbocycles. The Balaban J connectivity index is 2.43. The summed E-state index contributed by atoms with van der Waals surface area (Å²) in [5, 5.41) is 2.97. The maximum Gasteiger partial charge on any atom is 0.194 e. The lowest BCUT2D eigenvalue weighted by Crippen LogP contribution is -2.16. The highest BCUT2D eigenvalue weighted by Crippen LogP contribution is 2.13. The Hall–Kier alpha value is -1.07. The van der Waals surface area contributed by atoms with E-state index in [1.165, 1.54) is 0 Å². The van der Waals surface area contributed by atoms with Crippen LogP contribution in [-0.2, 0) is 11.3 Å². The van der Waals surface area contributed by atoms with E-state index in [1.807, 2.05) is 0 Å². The Kier molecular flexibility index (Phi) is 5.28. The zero-order chi connectivity index (χ0) is 12.0.